The van der Waals surface area contributed by atoms with E-state index >= 15 is 0 Å². The zero-order valence-corrected chi connectivity index (χ0v) is 9.00. The number of hydrogen-bond donors (Lipinski definition) is 2. The van der Waals surface area contributed by atoms with Crippen LogP contribution in [0.1, 0.15) is 12.6 Å². The number of aromatic nitrogens is 2. The summed E-state index contributed by atoms with van der Waals surface area (Å²) in [6, 6.07) is 0. The number of aromatic amines is 1. The molecule has 0 bridgehead atoms. The van der Waals surface area contributed by atoms with E-state index in [1.54, 1.807) is 4.68 Å². The van der Waals surface area contributed by atoms with E-state index in [1.165, 1.54) is 0 Å². The number of likely N-dealkylation sites (N-methyl/N-ethyl adjacent to an activating group) is 1. The quantitative estimate of drug-likeness (QED) is 0.709. The van der Waals surface area contributed by atoms with Crippen LogP contribution in [0.4, 0.5) is 5.69 Å². The van der Waals surface area contributed by atoms with Gasteiger partial charge in [-0.25, -0.2) is 4.68 Å². The summed E-state index contributed by atoms with van der Waals surface area (Å²) in [6.45, 7) is 3.44. The van der Waals surface area contributed by atoms with Gasteiger partial charge >= 0.3 is 0 Å². The molecule has 0 saturated heterocycles. The average Bonchev–Trinajstić information content (AvgIpc) is 2.41. The summed E-state index contributed by atoms with van der Waals surface area (Å²) in [5, 5.41) is 3.01. The van der Waals surface area contributed by atoms with Crippen LogP contribution in [0.2, 0.25) is 0 Å². The highest BCUT2D eigenvalue weighted by atomic mass is 16.1. The molecule has 0 aliphatic carbocycles. The molecular formula is C9H18N4O. The Morgan fingerprint density at radius 1 is 1.50 bits per heavy atom. The lowest BCUT2D eigenvalue weighted by atomic mass is 10.3. The molecule has 14 heavy (non-hydrogen) atoms. The smallest absolute Gasteiger partial charge is 0.289 e. The molecule has 1 aromatic rings. The second-order valence-electron chi connectivity index (χ2n) is 3.62. The van der Waals surface area contributed by atoms with Crippen molar-refractivity contribution >= 4 is 5.69 Å². The number of nitrogens with two attached hydrogens (primary N) is 1. The molecule has 0 radical (unpaired) electrons. The maximum Gasteiger partial charge on any atom is 0.289 e. The third-order valence-corrected chi connectivity index (χ3v) is 2.19. The maximum atomic E-state index is 11.5. The Balaban J connectivity index is 2.83. The van der Waals surface area contributed by atoms with Crippen LogP contribution in [-0.4, -0.2) is 35.3 Å². The molecule has 1 heterocycles. The van der Waals surface area contributed by atoms with Crippen LogP contribution in [-0.2, 0) is 13.0 Å². The highest BCUT2D eigenvalue weighted by molar-refractivity contribution is 5.40. The number of aryl methyl sites for hydroxylation is 1. The summed E-state index contributed by atoms with van der Waals surface area (Å²) in [5.74, 6) is 0. The van der Waals surface area contributed by atoms with E-state index in [9.17, 15) is 4.79 Å². The highest BCUT2D eigenvalue weighted by Gasteiger charge is 2.08. The predicted octanol–water partition coefficient (Wildman–Crippen LogP) is -0.117. The standard InChI is InChI=1S/C9H18N4O/c1-4-7-8(10)9(14)13(11-7)6-5-12(2)3/h11H,4-6,10H2,1-3H3. The molecule has 0 unspecified atom stereocenters. The third kappa shape index (κ3) is 2.17. The summed E-state index contributed by atoms with van der Waals surface area (Å²) < 4.78 is 1.56. The first-order valence-electron chi connectivity index (χ1n) is 4.78. The van der Waals surface area contributed by atoms with Crippen LogP contribution < -0.4 is 11.3 Å². The number of hydrogen-bond acceptors (Lipinski definition) is 3. The van der Waals surface area contributed by atoms with Gasteiger partial charge < -0.3 is 10.6 Å². The van der Waals surface area contributed by atoms with Crippen LogP contribution in [0.5, 0.6) is 0 Å². The molecular weight excluding hydrogens is 180 g/mol. The van der Waals surface area contributed by atoms with Crippen LogP contribution in [0, 0.1) is 0 Å². The van der Waals surface area contributed by atoms with Crippen molar-refractivity contribution in [1.82, 2.24) is 14.7 Å². The van der Waals surface area contributed by atoms with E-state index < -0.39 is 0 Å². The number of H-pyrrole nitrogens is 1. The molecule has 0 aromatic carbocycles. The molecule has 5 nitrogen and oxygen atoms in total. The Kier molecular flexibility index (Phi) is 3.35. The molecule has 0 aliphatic rings. The fourth-order valence-electron chi connectivity index (χ4n) is 1.28. The van der Waals surface area contributed by atoms with Crippen molar-refractivity contribution in [2.45, 2.75) is 19.9 Å². The summed E-state index contributed by atoms with van der Waals surface area (Å²) in [5.41, 5.74) is 6.71. The minimum Gasteiger partial charge on any atom is -0.393 e. The Hall–Kier alpha value is -1.23. The van der Waals surface area contributed by atoms with Gasteiger partial charge in [-0.3, -0.25) is 9.89 Å². The second-order valence-corrected chi connectivity index (χ2v) is 3.62. The first-order chi connectivity index (χ1) is 6.56. The summed E-state index contributed by atoms with van der Waals surface area (Å²) in [4.78, 5) is 13.6. The molecule has 0 spiro atoms. The molecule has 3 N–H and O–H groups in total. The van der Waals surface area contributed by atoms with E-state index in [0.29, 0.717) is 12.2 Å². The van der Waals surface area contributed by atoms with Gasteiger partial charge in [-0.1, -0.05) is 6.92 Å². The van der Waals surface area contributed by atoms with Gasteiger partial charge in [-0.15, -0.1) is 0 Å². The highest BCUT2D eigenvalue weighted by Crippen LogP contribution is 2.02. The summed E-state index contributed by atoms with van der Waals surface area (Å²) >= 11 is 0. The first kappa shape index (κ1) is 10.8. The second kappa shape index (κ2) is 4.32. The monoisotopic (exact) mass is 198 g/mol. The van der Waals surface area contributed by atoms with Gasteiger partial charge in [-0.05, 0) is 20.5 Å². The number of nitrogens with zero attached hydrogens (tertiary/aromatic N) is 2. The minimum atomic E-state index is -0.108. The SMILES string of the molecule is CCc1[nH]n(CCN(C)C)c(=O)c1N. The van der Waals surface area contributed by atoms with Crippen LogP contribution in [0.15, 0.2) is 4.79 Å². The number of rotatable bonds is 4. The molecule has 0 fully saturated rings. The van der Waals surface area contributed by atoms with Crippen LogP contribution in [0.3, 0.4) is 0 Å². The largest absolute Gasteiger partial charge is 0.393 e. The van der Waals surface area contributed by atoms with Gasteiger partial charge in [0.15, 0.2) is 0 Å². The van der Waals surface area contributed by atoms with E-state index in [-0.39, 0.29) is 5.56 Å². The van der Waals surface area contributed by atoms with E-state index in [1.807, 2.05) is 25.9 Å². The Morgan fingerprint density at radius 2 is 2.14 bits per heavy atom. The predicted molar refractivity (Wildman–Crippen MR) is 57.4 cm³/mol. The lowest BCUT2D eigenvalue weighted by Crippen LogP contribution is -2.25. The van der Waals surface area contributed by atoms with E-state index in [0.717, 1.165) is 18.7 Å². The molecule has 0 saturated carbocycles. The summed E-state index contributed by atoms with van der Waals surface area (Å²) in [7, 11) is 3.94. The van der Waals surface area contributed by atoms with Crippen LogP contribution >= 0.6 is 0 Å². The number of nitrogens with one attached hydrogen (secondary N) is 1. The van der Waals surface area contributed by atoms with Gasteiger partial charge in [0.25, 0.3) is 5.56 Å². The molecule has 0 aliphatic heterocycles. The van der Waals surface area contributed by atoms with Crippen molar-refractivity contribution in [2.24, 2.45) is 0 Å². The van der Waals surface area contributed by atoms with Crippen molar-refractivity contribution in [3.63, 3.8) is 0 Å². The van der Waals surface area contributed by atoms with Crippen molar-refractivity contribution in [3.05, 3.63) is 16.0 Å². The zero-order chi connectivity index (χ0) is 10.7. The van der Waals surface area contributed by atoms with Gasteiger partial charge in [-0.2, -0.15) is 0 Å². The lowest BCUT2D eigenvalue weighted by Gasteiger charge is -2.08. The summed E-state index contributed by atoms with van der Waals surface area (Å²) in [6.07, 6.45) is 0.760. The minimum absolute atomic E-state index is 0.108. The van der Waals surface area contributed by atoms with Crippen molar-refractivity contribution in [1.29, 1.82) is 0 Å². The maximum absolute atomic E-state index is 11.5. The number of nitrogen functional groups attached to an aromatic ring is 1. The normalized spacial score (nSPS) is 11.1. The van der Waals surface area contributed by atoms with Crippen molar-refractivity contribution in [2.75, 3.05) is 26.4 Å². The molecule has 1 rings (SSSR count). The number of anilines is 1. The lowest BCUT2D eigenvalue weighted by molar-refractivity contribution is 0.369. The van der Waals surface area contributed by atoms with E-state index in [4.69, 9.17) is 5.73 Å². The van der Waals surface area contributed by atoms with Crippen molar-refractivity contribution < 1.29 is 0 Å². The molecule has 5 heteroatoms. The fourth-order valence-corrected chi connectivity index (χ4v) is 1.28. The Labute approximate surface area is 83.5 Å². The third-order valence-electron chi connectivity index (χ3n) is 2.19. The molecule has 0 amide bonds. The van der Waals surface area contributed by atoms with Crippen molar-refractivity contribution in [3.8, 4) is 0 Å². The Bertz CT molecular complexity index is 350. The molecule has 1 aromatic heterocycles. The zero-order valence-electron chi connectivity index (χ0n) is 9.00. The molecule has 80 valence electrons. The van der Waals surface area contributed by atoms with Gasteiger partial charge in [0.05, 0.1) is 12.2 Å². The van der Waals surface area contributed by atoms with E-state index in [2.05, 4.69) is 5.10 Å². The van der Waals surface area contributed by atoms with Gasteiger partial charge in [0.2, 0.25) is 0 Å². The van der Waals surface area contributed by atoms with Gasteiger partial charge in [0, 0.05) is 6.54 Å². The first-order valence-corrected chi connectivity index (χ1v) is 4.78. The average molecular weight is 198 g/mol. The molecule has 0 atom stereocenters. The van der Waals surface area contributed by atoms with Gasteiger partial charge in [0.1, 0.15) is 5.69 Å². The topological polar surface area (TPSA) is 67.0 Å². The Morgan fingerprint density at radius 3 is 2.57 bits per heavy atom. The van der Waals surface area contributed by atoms with Crippen LogP contribution in [0.25, 0.3) is 0 Å². The fraction of sp³-hybridized carbons (Fsp3) is 0.667.